The maximum atomic E-state index is 11.6. The highest BCUT2D eigenvalue weighted by atomic mass is 16.8. The van der Waals surface area contributed by atoms with Crippen LogP contribution in [0.25, 0.3) is 0 Å². The molecule has 0 aromatic rings. The maximum Gasteiger partial charge on any atom is 0.224 e. The molecule has 0 bridgehead atoms. The lowest BCUT2D eigenvalue weighted by molar-refractivity contribution is -0.413. The average molecular weight is 991 g/mol. The summed E-state index contributed by atoms with van der Waals surface area (Å²) < 4.78 is 61.4. The Labute approximate surface area is 378 Å². The molecule has 29 atom stereocenters. The Morgan fingerprint density at radius 2 is 0.597 bits per heavy atom. The first-order chi connectivity index (χ1) is 31.8. The molecule has 67 heavy (non-hydrogen) atoms. The van der Waals surface area contributed by atoms with E-state index in [-0.39, 0.29) is 0 Å². The van der Waals surface area contributed by atoms with Crippen molar-refractivity contribution < 1.29 is 154 Å². The molecule has 6 saturated heterocycles. The molecule has 0 aliphatic carbocycles. The topological polar surface area (TPSA) is 506 Å². The van der Waals surface area contributed by atoms with Crippen molar-refractivity contribution in [3.8, 4) is 0 Å². The maximum absolute atomic E-state index is 11.6. The predicted octanol–water partition coefficient (Wildman–Crippen LogP) is -14.1. The molecule has 0 spiro atoms. The predicted molar refractivity (Wildman–Crippen MR) is 199 cm³/mol. The van der Waals surface area contributed by atoms with Gasteiger partial charge in [0.15, 0.2) is 31.5 Å². The summed E-state index contributed by atoms with van der Waals surface area (Å²) in [5.41, 5.74) is 0. The average Bonchev–Trinajstić information content (AvgIpc) is 3.58. The lowest BCUT2D eigenvalue weighted by atomic mass is 9.95. The molecule has 0 saturated carbocycles. The summed E-state index contributed by atoms with van der Waals surface area (Å²) in [5, 5.41) is 211. The van der Waals surface area contributed by atoms with Crippen LogP contribution in [0.1, 0.15) is 0 Å². The van der Waals surface area contributed by atoms with Crippen molar-refractivity contribution in [1.82, 2.24) is 0 Å². The van der Waals surface area contributed by atoms with Gasteiger partial charge in [-0.25, -0.2) is 0 Å². The second-order valence-corrected chi connectivity index (χ2v) is 16.8. The Bertz CT molecular complexity index is 1520. The van der Waals surface area contributed by atoms with E-state index in [1.807, 2.05) is 0 Å². The molecule has 31 nitrogen and oxygen atoms in total. The van der Waals surface area contributed by atoms with Crippen LogP contribution in [0.2, 0.25) is 0 Å². The monoisotopic (exact) mass is 990 g/mol. The van der Waals surface area contributed by atoms with Gasteiger partial charge < -0.3 is 154 Å². The highest BCUT2D eigenvalue weighted by Crippen LogP contribution is 2.41. The van der Waals surface area contributed by atoms with Crippen LogP contribution in [-0.2, 0) is 52.1 Å². The number of aliphatic hydroxyl groups is 20. The molecular weight excluding hydrogens is 928 g/mol. The largest absolute Gasteiger partial charge is 0.394 e. The first-order valence-electron chi connectivity index (χ1n) is 21.1. The van der Waals surface area contributed by atoms with Gasteiger partial charge in [0.05, 0.1) is 39.6 Å². The van der Waals surface area contributed by atoms with Crippen molar-refractivity contribution >= 4 is 0 Å². The van der Waals surface area contributed by atoms with Crippen LogP contribution < -0.4 is 0 Å². The summed E-state index contributed by atoms with van der Waals surface area (Å²) in [7, 11) is 0. The highest BCUT2D eigenvalue weighted by Gasteiger charge is 2.62. The van der Waals surface area contributed by atoms with Crippen LogP contribution >= 0.6 is 0 Å². The summed E-state index contributed by atoms with van der Waals surface area (Å²) in [6.45, 7) is -7.20. The fourth-order valence-corrected chi connectivity index (χ4v) is 8.57. The van der Waals surface area contributed by atoms with E-state index in [1.165, 1.54) is 0 Å². The fraction of sp³-hybridized carbons (Fsp3) is 1.00. The zero-order valence-corrected chi connectivity index (χ0v) is 35.1. The molecule has 0 unspecified atom stereocenters. The number of aliphatic hydroxyl groups excluding tert-OH is 20. The molecule has 0 amide bonds. The van der Waals surface area contributed by atoms with E-state index in [0.29, 0.717) is 0 Å². The summed E-state index contributed by atoms with van der Waals surface area (Å²) in [5.74, 6) is -2.73. The Morgan fingerprint density at radius 3 is 0.940 bits per heavy atom. The van der Waals surface area contributed by atoms with E-state index in [2.05, 4.69) is 0 Å². The first kappa shape index (κ1) is 55.1. The Balaban J connectivity index is 1.21. The fourth-order valence-electron chi connectivity index (χ4n) is 8.57. The summed E-state index contributed by atoms with van der Waals surface area (Å²) in [4.78, 5) is 0. The van der Waals surface area contributed by atoms with Gasteiger partial charge in [0, 0.05) is 0 Å². The smallest absolute Gasteiger partial charge is 0.224 e. The van der Waals surface area contributed by atoms with Gasteiger partial charge in [-0.2, -0.15) is 0 Å². The quantitative estimate of drug-likeness (QED) is 0.0643. The van der Waals surface area contributed by atoms with Crippen molar-refractivity contribution in [2.75, 3.05) is 46.2 Å². The minimum atomic E-state index is -2.73. The zero-order chi connectivity index (χ0) is 49.4. The minimum Gasteiger partial charge on any atom is -0.394 e. The van der Waals surface area contributed by atoms with Crippen molar-refractivity contribution in [3.05, 3.63) is 0 Å². The summed E-state index contributed by atoms with van der Waals surface area (Å²) in [6.07, 6.45) is -55.0. The molecule has 0 aromatic heterocycles. The van der Waals surface area contributed by atoms with E-state index in [0.717, 1.165) is 0 Å². The minimum absolute atomic E-state index is 0.878. The lowest BCUT2D eigenvalue weighted by Gasteiger charge is -2.49. The molecule has 6 aliphatic heterocycles. The lowest BCUT2D eigenvalue weighted by Crippen LogP contribution is -2.68. The molecule has 6 fully saturated rings. The van der Waals surface area contributed by atoms with Gasteiger partial charge in [-0.05, 0) is 0 Å². The van der Waals surface area contributed by atoms with E-state index in [1.54, 1.807) is 0 Å². The van der Waals surface area contributed by atoms with Crippen LogP contribution in [0.5, 0.6) is 0 Å². The van der Waals surface area contributed by atoms with Gasteiger partial charge in [-0.1, -0.05) is 0 Å². The van der Waals surface area contributed by atoms with Gasteiger partial charge in [0.25, 0.3) is 0 Å². The molecule has 20 N–H and O–H groups in total. The van der Waals surface area contributed by atoms with E-state index in [9.17, 15) is 102 Å². The molecular formula is C36H62O31. The standard InChI is InChI=1S/C36H62O31/c37-1-8-14(44)20(50)22(52)31(57-8)62-27-16(46)10(3-39)59-33(24(27)54)63-28-17(47)11(4-40)60-34(25(28)55)64-29-18(48)12(5-41)61-35(26(29)56)67-36(7-43)30(19(49)13(6-42)66-36)65-32-23(53)21(51)15(45)9(2-38)58-32/h8-35,37-56H,1-7H2/t8-,9-,10-,11-,12-,13-,14-,15-,16-,17-,18-,19-,20+,21+,22-,23-,24-,25-,26-,27+,28+,29+,30+,31+,32-,33+,34+,35-,36+/m1/s1. The normalized spacial score (nSPS) is 53.2. The number of rotatable bonds is 17. The molecule has 6 rings (SSSR count). The van der Waals surface area contributed by atoms with Gasteiger partial charge in [0.2, 0.25) is 5.79 Å². The molecule has 0 radical (unpaired) electrons. The van der Waals surface area contributed by atoms with Crippen molar-refractivity contribution in [3.63, 3.8) is 0 Å². The van der Waals surface area contributed by atoms with Gasteiger partial charge in [-0.3, -0.25) is 0 Å². The number of ether oxygens (including phenoxy) is 11. The third kappa shape index (κ3) is 10.8. The second-order valence-electron chi connectivity index (χ2n) is 16.8. The number of hydrogen-bond acceptors (Lipinski definition) is 31. The molecule has 392 valence electrons. The van der Waals surface area contributed by atoms with Crippen molar-refractivity contribution in [2.45, 2.75) is 178 Å². The second kappa shape index (κ2) is 23.1. The Hall–Kier alpha value is -1.24. The number of hydrogen-bond donors (Lipinski definition) is 20. The first-order valence-corrected chi connectivity index (χ1v) is 21.1. The van der Waals surface area contributed by atoms with Crippen LogP contribution in [0.3, 0.4) is 0 Å². The van der Waals surface area contributed by atoms with E-state index in [4.69, 9.17) is 52.1 Å². The van der Waals surface area contributed by atoms with E-state index < -0.39 is 224 Å². The summed E-state index contributed by atoms with van der Waals surface area (Å²) in [6, 6.07) is 0. The summed E-state index contributed by atoms with van der Waals surface area (Å²) >= 11 is 0. The third-order valence-corrected chi connectivity index (χ3v) is 12.5. The molecule has 31 heteroatoms. The molecule has 0 aromatic carbocycles. The molecule has 6 aliphatic rings. The van der Waals surface area contributed by atoms with Crippen LogP contribution in [-0.4, -0.2) is 326 Å². The Kier molecular flexibility index (Phi) is 19.0. The zero-order valence-electron chi connectivity index (χ0n) is 35.1. The van der Waals surface area contributed by atoms with Gasteiger partial charge >= 0.3 is 0 Å². The van der Waals surface area contributed by atoms with Gasteiger partial charge in [-0.15, -0.1) is 0 Å². The van der Waals surface area contributed by atoms with Crippen LogP contribution in [0, 0.1) is 0 Å². The van der Waals surface area contributed by atoms with Gasteiger partial charge in [0.1, 0.15) is 147 Å². The van der Waals surface area contributed by atoms with E-state index >= 15 is 0 Å². The SMILES string of the molecule is OC[C@H]1O[C@@](CO)(O[C@H]2O[C@H](CO)[C@@H](O)[C@H](O[C@@H]3O[C@H](CO)[C@@H](O)[C@H](O[C@@H]4O[C@H](CO)[C@@H](O)[C@H](O[C@@H]5O[C@H](CO)[C@@H](O)[C@H](O)[C@H]5O)[C@H]4O)[C@H]3O)[C@H]2O)[C@@H](O[C@H]2O[C@H](CO)[C@@H](O)[C@H](O)[C@H]2O)[C@@H]1O. The van der Waals surface area contributed by atoms with Crippen molar-refractivity contribution in [1.29, 1.82) is 0 Å². The Morgan fingerprint density at radius 1 is 0.299 bits per heavy atom. The highest BCUT2D eigenvalue weighted by molar-refractivity contribution is 5.02. The molecule has 6 heterocycles. The van der Waals surface area contributed by atoms with Crippen LogP contribution in [0.15, 0.2) is 0 Å². The van der Waals surface area contributed by atoms with Crippen molar-refractivity contribution in [2.24, 2.45) is 0 Å². The third-order valence-electron chi connectivity index (χ3n) is 12.5. The van der Waals surface area contributed by atoms with Crippen LogP contribution in [0.4, 0.5) is 0 Å².